The molecule has 4 rings (SSSR count). The van der Waals surface area contributed by atoms with Crippen LogP contribution in [0.4, 0.5) is 50.9 Å². The SMILES string of the molecule is CCc1cc(C(F)(C(F)(F)F)C(F)(F)C(F)(F)F)cc(CC)c1NC(=O)c1cc(NC(=O)[C@H]2[C@H](c3cc(Cl)cc(Cl)c3)C2(Cl)Cl)ccc1Cl. The quantitative estimate of drug-likeness (QED) is 0.167. The van der Waals surface area contributed by atoms with E-state index in [0.717, 1.165) is 6.07 Å². The van der Waals surface area contributed by atoms with Crippen molar-refractivity contribution in [3.63, 3.8) is 0 Å². The van der Waals surface area contributed by atoms with Crippen LogP contribution < -0.4 is 10.6 Å². The molecule has 1 aliphatic rings. The molecule has 3 atom stereocenters. The number of alkyl halides is 11. The number of aryl methyl sites for hydroxylation is 2. The van der Waals surface area contributed by atoms with Gasteiger partial charge in [-0.15, -0.1) is 23.2 Å². The highest BCUT2D eigenvalue weighted by Gasteiger charge is 2.81. The van der Waals surface area contributed by atoms with Gasteiger partial charge in [0.1, 0.15) is 4.33 Å². The Balaban J connectivity index is 1.65. The van der Waals surface area contributed by atoms with E-state index < -0.39 is 57.5 Å². The maximum atomic E-state index is 15.3. The molecule has 2 amide bonds. The first-order valence-electron chi connectivity index (χ1n) is 14.0. The van der Waals surface area contributed by atoms with Crippen LogP contribution in [-0.4, -0.2) is 34.4 Å². The minimum atomic E-state index is -6.90. The predicted octanol–water partition coefficient (Wildman–Crippen LogP) is 11.5. The molecule has 1 saturated carbocycles. The van der Waals surface area contributed by atoms with Gasteiger partial charge in [-0.2, -0.15) is 35.1 Å². The summed E-state index contributed by atoms with van der Waals surface area (Å²) in [6.45, 7) is 2.59. The van der Waals surface area contributed by atoms with Crippen molar-refractivity contribution in [3.8, 4) is 0 Å². The molecule has 0 saturated heterocycles. The van der Waals surface area contributed by atoms with Gasteiger partial charge < -0.3 is 10.6 Å². The number of benzene rings is 3. The van der Waals surface area contributed by atoms with Crippen LogP contribution in [0.1, 0.15) is 52.4 Å². The molecule has 4 nitrogen and oxygen atoms in total. The number of carbonyl (C=O) groups excluding carboxylic acids is 2. The summed E-state index contributed by atoms with van der Waals surface area (Å²) >= 11 is 31.1. The van der Waals surface area contributed by atoms with E-state index in [1.54, 1.807) is 0 Å². The fourth-order valence-corrected chi connectivity index (χ4v) is 6.98. The summed E-state index contributed by atoms with van der Waals surface area (Å²) in [7, 11) is 0. The minimum absolute atomic E-state index is 0.0296. The molecule has 0 aliphatic heterocycles. The van der Waals surface area contributed by atoms with Crippen molar-refractivity contribution in [1.29, 1.82) is 0 Å². The van der Waals surface area contributed by atoms with E-state index >= 15 is 4.39 Å². The first-order valence-corrected chi connectivity index (χ1v) is 15.9. The van der Waals surface area contributed by atoms with Gasteiger partial charge in [-0.3, -0.25) is 9.59 Å². The smallest absolute Gasteiger partial charge is 0.326 e. The third-order valence-electron chi connectivity index (χ3n) is 7.94. The van der Waals surface area contributed by atoms with Gasteiger partial charge in [-0.05, 0) is 78.1 Å². The van der Waals surface area contributed by atoms with Crippen molar-refractivity contribution in [2.45, 2.75) is 60.9 Å². The van der Waals surface area contributed by atoms with Crippen molar-refractivity contribution in [2.24, 2.45) is 5.92 Å². The van der Waals surface area contributed by atoms with Crippen molar-refractivity contribution < 1.29 is 49.1 Å². The van der Waals surface area contributed by atoms with Gasteiger partial charge in [0.05, 0.1) is 16.5 Å². The molecular formula is C31H22Cl5F9N2O2. The van der Waals surface area contributed by atoms with E-state index in [1.165, 1.54) is 44.2 Å². The number of carbonyl (C=O) groups is 2. The molecule has 49 heavy (non-hydrogen) atoms. The largest absolute Gasteiger partial charge is 0.457 e. The molecule has 1 fully saturated rings. The lowest BCUT2D eigenvalue weighted by molar-refractivity contribution is -0.389. The van der Waals surface area contributed by atoms with E-state index in [2.05, 4.69) is 10.6 Å². The molecule has 18 heteroatoms. The van der Waals surface area contributed by atoms with Crippen LogP contribution in [-0.2, 0) is 23.3 Å². The summed E-state index contributed by atoms with van der Waals surface area (Å²) in [6.07, 6.45) is -14.3. The molecule has 0 radical (unpaired) electrons. The summed E-state index contributed by atoms with van der Waals surface area (Å²) < 4.78 is 123. The number of anilines is 2. The average molecular weight is 803 g/mol. The fraction of sp³-hybridized carbons (Fsp3) is 0.355. The monoisotopic (exact) mass is 800 g/mol. The zero-order valence-corrected chi connectivity index (χ0v) is 28.6. The number of hydrogen-bond acceptors (Lipinski definition) is 2. The second-order valence-electron chi connectivity index (χ2n) is 11.1. The molecule has 266 valence electrons. The van der Waals surface area contributed by atoms with E-state index in [4.69, 9.17) is 58.0 Å². The van der Waals surface area contributed by atoms with E-state index in [-0.39, 0.29) is 68.1 Å². The molecule has 1 unspecified atom stereocenters. The van der Waals surface area contributed by atoms with Gasteiger partial charge >= 0.3 is 23.9 Å². The zero-order valence-electron chi connectivity index (χ0n) is 24.8. The van der Waals surface area contributed by atoms with Gasteiger partial charge in [-0.1, -0.05) is 48.7 Å². The summed E-state index contributed by atoms with van der Waals surface area (Å²) in [5.41, 5.74) is -8.95. The highest BCUT2D eigenvalue weighted by atomic mass is 35.5. The van der Waals surface area contributed by atoms with Crippen LogP contribution in [0.3, 0.4) is 0 Å². The Hall–Kier alpha value is -2.58. The molecule has 3 aromatic rings. The first kappa shape index (κ1) is 39.2. The van der Waals surface area contributed by atoms with Crippen molar-refractivity contribution in [1.82, 2.24) is 0 Å². The van der Waals surface area contributed by atoms with Gasteiger partial charge in [0, 0.05) is 32.9 Å². The molecule has 1 aliphatic carbocycles. The highest BCUT2D eigenvalue weighted by molar-refractivity contribution is 6.53. The lowest BCUT2D eigenvalue weighted by Crippen LogP contribution is -2.59. The van der Waals surface area contributed by atoms with Gasteiger partial charge in [-0.25, -0.2) is 4.39 Å². The fourth-order valence-electron chi connectivity index (χ4n) is 5.40. The molecule has 0 heterocycles. The van der Waals surface area contributed by atoms with E-state index in [0.29, 0.717) is 5.56 Å². The van der Waals surface area contributed by atoms with Crippen molar-refractivity contribution >= 4 is 81.2 Å². The number of nitrogens with one attached hydrogen (secondary N) is 2. The number of amides is 2. The molecule has 0 spiro atoms. The molecule has 0 aromatic heterocycles. The zero-order chi connectivity index (χ0) is 37.1. The third-order valence-corrected chi connectivity index (χ3v) is 9.64. The average Bonchev–Trinajstić information content (AvgIpc) is 3.57. The predicted molar refractivity (Wildman–Crippen MR) is 170 cm³/mol. The Morgan fingerprint density at radius 1 is 0.755 bits per heavy atom. The molecule has 0 bridgehead atoms. The van der Waals surface area contributed by atoms with Crippen LogP contribution in [0.2, 0.25) is 15.1 Å². The summed E-state index contributed by atoms with van der Waals surface area (Å²) in [4.78, 5) is 26.6. The normalized spacial score (nSPS) is 18.9. The number of hydrogen-bond donors (Lipinski definition) is 2. The van der Waals surface area contributed by atoms with Crippen LogP contribution in [0.5, 0.6) is 0 Å². The Bertz CT molecular complexity index is 1750. The highest BCUT2D eigenvalue weighted by Crippen LogP contribution is 2.65. The van der Waals surface area contributed by atoms with Crippen LogP contribution in [0, 0.1) is 5.92 Å². The van der Waals surface area contributed by atoms with Crippen LogP contribution in [0.15, 0.2) is 48.5 Å². The molecule has 3 aromatic carbocycles. The minimum Gasteiger partial charge on any atom is -0.326 e. The molecule has 2 N–H and O–H groups in total. The van der Waals surface area contributed by atoms with Crippen LogP contribution >= 0.6 is 58.0 Å². The number of halogens is 14. The Morgan fingerprint density at radius 3 is 1.76 bits per heavy atom. The van der Waals surface area contributed by atoms with Gasteiger partial charge in [0.2, 0.25) is 5.91 Å². The lowest BCUT2D eigenvalue weighted by atomic mass is 9.84. The number of rotatable bonds is 9. The van der Waals surface area contributed by atoms with E-state index in [1.807, 2.05) is 0 Å². The maximum Gasteiger partial charge on any atom is 0.457 e. The standard InChI is InChI=1S/C31H22Cl5F9N2O2/c1-3-13-7-16(28(37,30(40,41)42)29(38,39)31(43,44)45)8-14(4-2)24(13)47-25(48)20-12-19(5-6-21(20)34)46-26(49)23-22(27(23,35)36)15-9-17(32)11-18(33)10-15/h5-12,22-23H,3-4H2,1-2H3,(H,46,49)(H,47,48)/t22-,23+,28?/m0/s1. The van der Waals surface area contributed by atoms with Crippen molar-refractivity contribution in [2.75, 3.05) is 10.6 Å². The molecular weight excluding hydrogens is 781 g/mol. The van der Waals surface area contributed by atoms with Crippen molar-refractivity contribution in [3.05, 3.63) is 91.4 Å². The Labute approximate surface area is 298 Å². The Kier molecular flexibility index (Phi) is 10.8. The third kappa shape index (κ3) is 7.15. The second kappa shape index (κ2) is 13.5. The van der Waals surface area contributed by atoms with Crippen LogP contribution in [0.25, 0.3) is 0 Å². The summed E-state index contributed by atoms with van der Waals surface area (Å²) in [5.74, 6) is -10.2. The summed E-state index contributed by atoms with van der Waals surface area (Å²) in [6, 6.07) is 8.64. The Morgan fingerprint density at radius 2 is 1.29 bits per heavy atom. The topological polar surface area (TPSA) is 58.2 Å². The lowest BCUT2D eigenvalue weighted by Gasteiger charge is -2.36. The second-order valence-corrected chi connectivity index (χ2v) is 13.8. The maximum absolute atomic E-state index is 15.3. The van der Waals surface area contributed by atoms with Gasteiger partial charge in [0.25, 0.3) is 5.91 Å². The first-order chi connectivity index (χ1) is 22.4. The van der Waals surface area contributed by atoms with Gasteiger partial charge in [0.15, 0.2) is 0 Å². The van der Waals surface area contributed by atoms with E-state index in [9.17, 15) is 44.7 Å². The summed E-state index contributed by atoms with van der Waals surface area (Å²) in [5, 5.41) is 5.32.